The van der Waals surface area contributed by atoms with E-state index in [1.807, 2.05) is 0 Å². The lowest BCUT2D eigenvalue weighted by atomic mass is 10.1. The molecule has 0 aliphatic carbocycles. The molecule has 0 spiro atoms. The summed E-state index contributed by atoms with van der Waals surface area (Å²) in [5.74, 6) is 1.43. The van der Waals surface area contributed by atoms with E-state index in [-0.39, 0.29) is 0 Å². The molecule has 0 aromatic heterocycles. The number of rotatable bonds is 8. The summed E-state index contributed by atoms with van der Waals surface area (Å²) in [6.45, 7) is 10.0. The highest BCUT2D eigenvalue weighted by atomic mass is 16.5. The van der Waals surface area contributed by atoms with Crippen LogP contribution in [0, 0.1) is 11.8 Å². The Morgan fingerprint density at radius 1 is 1.40 bits per heavy atom. The van der Waals surface area contributed by atoms with E-state index in [1.54, 1.807) is 0 Å². The van der Waals surface area contributed by atoms with E-state index in [9.17, 15) is 0 Å². The van der Waals surface area contributed by atoms with Gasteiger partial charge in [0.2, 0.25) is 0 Å². The first kappa shape index (κ1) is 12.9. The van der Waals surface area contributed by atoms with Crippen LogP contribution in [0.2, 0.25) is 0 Å². The number of hydrogen-bond donors (Lipinski definition) is 1. The summed E-state index contributed by atoms with van der Waals surface area (Å²) in [5.41, 5.74) is 0. The maximum absolute atomic E-state index is 5.48. The van der Waals surface area contributed by atoms with Gasteiger partial charge in [-0.25, -0.2) is 0 Å². The summed E-state index contributed by atoms with van der Waals surface area (Å²) in [7, 11) is 0. The first-order valence-corrected chi connectivity index (χ1v) is 6.15. The fraction of sp³-hybridized carbons (Fsp3) is 1.00. The minimum Gasteiger partial charge on any atom is -0.381 e. The second-order valence-corrected chi connectivity index (χ2v) is 4.74. The lowest BCUT2D eigenvalue weighted by Gasteiger charge is -2.09. The molecule has 1 saturated heterocycles. The molecule has 0 amide bonds. The number of nitrogens with one attached hydrogen (secondary N) is 1. The number of ether oxygens (including phenoxy) is 2. The Morgan fingerprint density at radius 3 is 2.93 bits per heavy atom. The van der Waals surface area contributed by atoms with E-state index in [2.05, 4.69) is 19.2 Å². The molecule has 3 nitrogen and oxygen atoms in total. The Kier molecular flexibility index (Phi) is 6.98. The number of hydrogen-bond acceptors (Lipinski definition) is 3. The fourth-order valence-corrected chi connectivity index (χ4v) is 1.71. The Bertz CT molecular complexity index is 145. The zero-order valence-corrected chi connectivity index (χ0v) is 10.1. The standard InChI is InChI=1S/C12H25NO2/c1-11(2)9-15-8-6-13-5-3-12-4-7-14-10-12/h11-13H,3-10H2,1-2H3. The summed E-state index contributed by atoms with van der Waals surface area (Å²) < 4.78 is 10.8. The molecule has 90 valence electrons. The van der Waals surface area contributed by atoms with Crippen LogP contribution in [0.4, 0.5) is 0 Å². The van der Waals surface area contributed by atoms with E-state index in [4.69, 9.17) is 9.47 Å². The third-order valence-corrected chi connectivity index (χ3v) is 2.63. The van der Waals surface area contributed by atoms with Crippen LogP contribution in [0.3, 0.4) is 0 Å². The Morgan fingerprint density at radius 2 is 2.27 bits per heavy atom. The lowest BCUT2D eigenvalue weighted by Crippen LogP contribution is -2.23. The van der Waals surface area contributed by atoms with Gasteiger partial charge in [0, 0.05) is 26.4 Å². The Hall–Kier alpha value is -0.120. The maximum Gasteiger partial charge on any atom is 0.0591 e. The van der Waals surface area contributed by atoms with Crippen molar-refractivity contribution in [2.24, 2.45) is 11.8 Å². The van der Waals surface area contributed by atoms with Crippen molar-refractivity contribution >= 4 is 0 Å². The van der Waals surface area contributed by atoms with Gasteiger partial charge in [0.1, 0.15) is 0 Å². The van der Waals surface area contributed by atoms with Crippen molar-refractivity contribution in [3.05, 3.63) is 0 Å². The monoisotopic (exact) mass is 215 g/mol. The van der Waals surface area contributed by atoms with Gasteiger partial charge < -0.3 is 14.8 Å². The Balaban J connectivity index is 1.76. The van der Waals surface area contributed by atoms with Gasteiger partial charge in [-0.05, 0) is 31.2 Å². The highest BCUT2D eigenvalue weighted by molar-refractivity contribution is 4.65. The van der Waals surface area contributed by atoms with Crippen LogP contribution in [-0.2, 0) is 9.47 Å². The minimum absolute atomic E-state index is 0.639. The van der Waals surface area contributed by atoms with Crippen molar-refractivity contribution in [3.63, 3.8) is 0 Å². The molecule has 0 aromatic carbocycles. The molecule has 0 aromatic rings. The quantitative estimate of drug-likeness (QED) is 0.625. The predicted molar refractivity (Wildman–Crippen MR) is 62.1 cm³/mol. The predicted octanol–water partition coefficient (Wildman–Crippen LogP) is 1.68. The summed E-state index contributed by atoms with van der Waals surface area (Å²) in [6, 6.07) is 0. The van der Waals surface area contributed by atoms with Gasteiger partial charge in [0.15, 0.2) is 0 Å². The van der Waals surface area contributed by atoms with E-state index in [1.165, 1.54) is 12.8 Å². The van der Waals surface area contributed by atoms with Crippen molar-refractivity contribution in [2.75, 3.05) is 39.5 Å². The van der Waals surface area contributed by atoms with Gasteiger partial charge in [-0.1, -0.05) is 13.8 Å². The third kappa shape index (κ3) is 6.88. The van der Waals surface area contributed by atoms with E-state index in [0.717, 1.165) is 45.4 Å². The van der Waals surface area contributed by atoms with Gasteiger partial charge in [0.05, 0.1) is 6.61 Å². The van der Waals surface area contributed by atoms with Crippen LogP contribution < -0.4 is 5.32 Å². The van der Waals surface area contributed by atoms with E-state index < -0.39 is 0 Å². The van der Waals surface area contributed by atoms with Gasteiger partial charge in [-0.15, -0.1) is 0 Å². The molecular formula is C12H25NO2. The van der Waals surface area contributed by atoms with Crippen LogP contribution in [0.25, 0.3) is 0 Å². The van der Waals surface area contributed by atoms with Gasteiger partial charge >= 0.3 is 0 Å². The molecule has 1 aliphatic rings. The zero-order valence-electron chi connectivity index (χ0n) is 10.1. The van der Waals surface area contributed by atoms with Crippen molar-refractivity contribution in [3.8, 4) is 0 Å². The van der Waals surface area contributed by atoms with Gasteiger partial charge in [0.25, 0.3) is 0 Å². The average molecular weight is 215 g/mol. The summed E-state index contributed by atoms with van der Waals surface area (Å²) in [5, 5.41) is 3.41. The molecule has 1 unspecified atom stereocenters. The second kappa shape index (κ2) is 8.08. The van der Waals surface area contributed by atoms with Crippen LogP contribution in [0.1, 0.15) is 26.7 Å². The van der Waals surface area contributed by atoms with Crippen LogP contribution in [-0.4, -0.2) is 39.5 Å². The molecule has 3 heteroatoms. The molecule has 0 saturated carbocycles. The van der Waals surface area contributed by atoms with Crippen LogP contribution in [0.5, 0.6) is 0 Å². The summed E-state index contributed by atoms with van der Waals surface area (Å²) >= 11 is 0. The molecular weight excluding hydrogens is 190 g/mol. The average Bonchev–Trinajstić information content (AvgIpc) is 2.68. The largest absolute Gasteiger partial charge is 0.381 e. The van der Waals surface area contributed by atoms with E-state index in [0.29, 0.717) is 5.92 Å². The zero-order chi connectivity index (χ0) is 10.9. The molecule has 1 fully saturated rings. The minimum atomic E-state index is 0.639. The maximum atomic E-state index is 5.48. The van der Waals surface area contributed by atoms with E-state index >= 15 is 0 Å². The first-order chi connectivity index (χ1) is 7.29. The van der Waals surface area contributed by atoms with Crippen LogP contribution >= 0.6 is 0 Å². The van der Waals surface area contributed by atoms with Crippen LogP contribution in [0.15, 0.2) is 0 Å². The third-order valence-electron chi connectivity index (χ3n) is 2.63. The van der Waals surface area contributed by atoms with Crippen molar-refractivity contribution in [1.29, 1.82) is 0 Å². The molecule has 1 heterocycles. The molecule has 1 N–H and O–H groups in total. The second-order valence-electron chi connectivity index (χ2n) is 4.74. The molecule has 15 heavy (non-hydrogen) atoms. The molecule has 1 aliphatic heterocycles. The molecule has 1 atom stereocenters. The summed E-state index contributed by atoms with van der Waals surface area (Å²) in [4.78, 5) is 0. The Labute approximate surface area is 93.5 Å². The van der Waals surface area contributed by atoms with Crippen molar-refractivity contribution in [1.82, 2.24) is 5.32 Å². The summed E-state index contributed by atoms with van der Waals surface area (Å²) in [6.07, 6.45) is 2.48. The van der Waals surface area contributed by atoms with Gasteiger partial charge in [-0.3, -0.25) is 0 Å². The topological polar surface area (TPSA) is 30.5 Å². The SMILES string of the molecule is CC(C)COCCNCCC1CCOC1. The molecule has 1 rings (SSSR count). The molecule has 0 bridgehead atoms. The smallest absolute Gasteiger partial charge is 0.0591 e. The lowest BCUT2D eigenvalue weighted by molar-refractivity contribution is 0.111. The highest BCUT2D eigenvalue weighted by Gasteiger charge is 2.14. The fourth-order valence-electron chi connectivity index (χ4n) is 1.71. The van der Waals surface area contributed by atoms with Crippen molar-refractivity contribution < 1.29 is 9.47 Å². The van der Waals surface area contributed by atoms with Crippen molar-refractivity contribution in [2.45, 2.75) is 26.7 Å². The first-order valence-electron chi connectivity index (χ1n) is 6.15. The highest BCUT2D eigenvalue weighted by Crippen LogP contribution is 2.14. The van der Waals surface area contributed by atoms with Gasteiger partial charge in [-0.2, -0.15) is 0 Å². The normalized spacial score (nSPS) is 21.4. The molecule has 0 radical (unpaired) electrons.